The summed E-state index contributed by atoms with van der Waals surface area (Å²) in [4.78, 5) is 0.274. The van der Waals surface area contributed by atoms with Crippen molar-refractivity contribution < 1.29 is 8.42 Å². The molecule has 0 bridgehead atoms. The Hall–Kier alpha value is -0.980. The number of hydrogen-bond donors (Lipinski definition) is 1. The van der Waals surface area contributed by atoms with E-state index in [0.29, 0.717) is 6.54 Å². The van der Waals surface area contributed by atoms with E-state index in [1.54, 1.807) is 0 Å². The number of nitrogens with zero attached hydrogens (tertiary/aromatic N) is 1. The van der Waals surface area contributed by atoms with E-state index >= 15 is 0 Å². The van der Waals surface area contributed by atoms with Crippen LogP contribution in [0.1, 0.15) is 24.8 Å². The summed E-state index contributed by atoms with van der Waals surface area (Å²) in [6.45, 7) is 0.511. The monoisotopic (exact) mass is 298 g/mol. The first-order chi connectivity index (χ1) is 9.00. The number of hydrogen-bond acceptors (Lipinski definition) is 3. The fourth-order valence-electron chi connectivity index (χ4n) is 2.39. The summed E-state index contributed by atoms with van der Waals surface area (Å²) in [6.07, 6.45) is 2.57. The van der Waals surface area contributed by atoms with Crippen LogP contribution in [-0.2, 0) is 15.8 Å². The van der Waals surface area contributed by atoms with E-state index in [-0.39, 0.29) is 16.8 Å². The Labute approximate surface area is 119 Å². The molecule has 1 aliphatic rings. The number of benzene rings is 1. The average molecular weight is 298 g/mol. The Kier molecular flexibility index (Phi) is 4.54. The molecule has 1 aliphatic heterocycles. The molecule has 0 radical (unpaired) electrons. The quantitative estimate of drug-likeness (QED) is 0.859. The topological polar surface area (TPSA) is 63.4 Å². The van der Waals surface area contributed by atoms with Crippen LogP contribution in [0.2, 0.25) is 0 Å². The molecule has 0 spiro atoms. The zero-order valence-corrected chi connectivity index (χ0v) is 12.3. The highest BCUT2D eigenvalue weighted by molar-refractivity contribution is 7.88. The number of nitrogens with two attached hydrogens (primary N) is 1. The predicted molar refractivity (Wildman–Crippen MR) is 80.2 cm³/mol. The maximum absolute atomic E-state index is 12.5. The van der Waals surface area contributed by atoms with Crippen molar-refractivity contribution in [2.75, 3.05) is 6.54 Å². The Morgan fingerprint density at radius 3 is 2.63 bits per heavy atom. The third-order valence-corrected chi connectivity index (χ3v) is 5.45. The van der Waals surface area contributed by atoms with Gasteiger partial charge in [0.1, 0.15) is 0 Å². The average Bonchev–Trinajstić information content (AvgIpc) is 2.39. The number of rotatable bonds is 4. The first kappa shape index (κ1) is 14.4. The number of sulfonamides is 1. The smallest absolute Gasteiger partial charge is 0.218 e. The van der Waals surface area contributed by atoms with Gasteiger partial charge in [-0.05, 0) is 18.4 Å². The van der Waals surface area contributed by atoms with Gasteiger partial charge in [-0.3, -0.25) is 0 Å². The van der Waals surface area contributed by atoms with Crippen molar-refractivity contribution >= 4 is 27.2 Å². The molecule has 19 heavy (non-hydrogen) atoms. The van der Waals surface area contributed by atoms with Crippen molar-refractivity contribution in [1.82, 2.24) is 4.31 Å². The minimum atomic E-state index is -3.36. The van der Waals surface area contributed by atoms with Gasteiger partial charge < -0.3 is 5.73 Å². The molecule has 1 unspecified atom stereocenters. The second-order valence-electron chi connectivity index (χ2n) is 4.77. The lowest BCUT2D eigenvalue weighted by molar-refractivity contribution is 0.306. The van der Waals surface area contributed by atoms with Gasteiger partial charge >= 0.3 is 0 Å². The predicted octanol–water partition coefficient (Wildman–Crippen LogP) is 1.66. The van der Waals surface area contributed by atoms with E-state index < -0.39 is 10.0 Å². The standard InChI is InChI=1S/C13H18N2O2S2/c14-13(18)12-8-4-5-9-15(12)19(16,17)10-11-6-2-1-3-7-11/h1-3,6-7,12H,4-5,8-10H2,(H2,14,18). The van der Waals surface area contributed by atoms with E-state index in [0.717, 1.165) is 24.8 Å². The van der Waals surface area contributed by atoms with E-state index in [2.05, 4.69) is 0 Å². The molecule has 0 saturated carbocycles. The van der Waals surface area contributed by atoms with Gasteiger partial charge in [-0.2, -0.15) is 4.31 Å². The van der Waals surface area contributed by atoms with Gasteiger partial charge in [0, 0.05) is 6.54 Å². The molecule has 1 fully saturated rings. The van der Waals surface area contributed by atoms with Crippen molar-refractivity contribution in [1.29, 1.82) is 0 Å². The minimum absolute atomic E-state index is 0.00690. The maximum Gasteiger partial charge on any atom is 0.218 e. The van der Waals surface area contributed by atoms with E-state index in [9.17, 15) is 8.42 Å². The molecule has 104 valence electrons. The zero-order valence-electron chi connectivity index (χ0n) is 10.7. The van der Waals surface area contributed by atoms with Crippen LogP contribution in [0.3, 0.4) is 0 Å². The van der Waals surface area contributed by atoms with Crippen LogP contribution in [0.4, 0.5) is 0 Å². The molecule has 2 rings (SSSR count). The molecular weight excluding hydrogens is 280 g/mol. The summed E-state index contributed by atoms with van der Waals surface area (Å²) >= 11 is 5.00. The maximum atomic E-state index is 12.5. The third kappa shape index (κ3) is 3.52. The third-order valence-electron chi connectivity index (χ3n) is 3.33. The molecular formula is C13H18N2O2S2. The fourth-order valence-corrected chi connectivity index (χ4v) is 4.50. The van der Waals surface area contributed by atoms with Crippen LogP contribution in [0, 0.1) is 0 Å². The summed E-state index contributed by atoms with van der Waals surface area (Å²) < 4.78 is 26.4. The second-order valence-corrected chi connectivity index (χ2v) is 7.16. The SMILES string of the molecule is NC(=S)C1CCCCN1S(=O)(=O)Cc1ccccc1. The van der Waals surface area contributed by atoms with Gasteiger partial charge in [0.25, 0.3) is 0 Å². The molecule has 1 aromatic carbocycles. The number of thiocarbonyl (C=S) groups is 1. The van der Waals surface area contributed by atoms with E-state index in [1.165, 1.54) is 4.31 Å². The van der Waals surface area contributed by atoms with Crippen LogP contribution in [0.5, 0.6) is 0 Å². The lowest BCUT2D eigenvalue weighted by Crippen LogP contribution is -2.50. The summed E-state index contributed by atoms with van der Waals surface area (Å²) in [5.74, 6) is 0.00690. The van der Waals surface area contributed by atoms with Crippen LogP contribution in [0.25, 0.3) is 0 Å². The van der Waals surface area contributed by atoms with Crippen LogP contribution in [0.15, 0.2) is 30.3 Å². The summed E-state index contributed by atoms with van der Waals surface area (Å²) in [7, 11) is -3.36. The van der Waals surface area contributed by atoms with Gasteiger partial charge in [0.2, 0.25) is 10.0 Å². The molecule has 6 heteroatoms. The Morgan fingerprint density at radius 2 is 2.00 bits per heavy atom. The van der Waals surface area contributed by atoms with Crippen molar-refractivity contribution in [2.45, 2.75) is 31.1 Å². The minimum Gasteiger partial charge on any atom is -0.392 e. The molecule has 1 saturated heterocycles. The zero-order chi connectivity index (χ0) is 13.9. The van der Waals surface area contributed by atoms with Gasteiger partial charge in [-0.15, -0.1) is 0 Å². The molecule has 1 heterocycles. The Morgan fingerprint density at radius 1 is 1.32 bits per heavy atom. The second kappa shape index (κ2) is 5.98. The Balaban J connectivity index is 2.20. The first-order valence-electron chi connectivity index (χ1n) is 6.33. The van der Waals surface area contributed by atoms with Crippen molar-refractivity contribution in [3.63, 3.8) is 0 Å². The van der Waals surface area contributed by atoms with Crippen molar-refractivity contribution in [2.24, 2.45) is 5.73 Å². The molecule has 2 N–H and O–H groups in total. The van der Waals surface area contributed by atoms with Crippen LogP contribution >= 0.6 is 12.2 Å². The van der Waals surface area contributed by atoms with Crippen LogP contribution < -0.4 is 5.73 Å². The van der Waals surface area contributed by atoms with E-state index in [4.69, 9.17) is 18.0 Å². The highest BCUT2D eigenvalue weighted by Gasteiger charge is 2.33. The lowest BCUT2D eigenvalue weighted by atomic mass is 10.1. The van der Waals surface area contributed by atoms with E-state index in [1.807, 2.05) is 30.3 Å². The number of piperidine rings is 1. The van der Waals surface area contributed by atoms with Gasteiger partial charge in [-0.25, -0.2) is 8.42 Å². The largest absolute Gasteiger partial charge is 0.392 e. The van der Waals surface area contributed by atoms with Crippen molar-refractivity contribution in [3.8, 4) is 0 Å². The first-order valence-corrected chi connectivity index (χ1v) is 8.35. The molecule has 1 aromatic rings. The molecule has 0 aromatic heterocycles. The highest BCUT2D eigenvalue weighted by atomic mass is 32.2. The van der Waals surface area contributed by atoms with Gasteiger partial charge in [0.15, 0.2) is 0 Å². The van der Waals surface area contributed by atoms with Gasteiger partial charge in [0.05, 0.1) is 16.8 Å². The summed E-state index contributed by atoms with van der Waals surface area (Å²) in [6, 6.07) is 8.86. The molecule has 0 aliphatic carbocycles. The molecule has 4 nitrogen and oxygen atoms in total. The summed E-state index contributed by atoms with van der Waals surface area (Å²) in [5.41, 5.74) is 6.46. The van der Waals surface area contributed by atoms with Crippen molar-refractivity contribution in [3.05, 3.63) is 35.9 Å². The highest BCUT2D eigenvalue weighted by Crippen LogP contribution is 2.23. The summed E-state index contributed by atoms with van der Waals surface area (Å²) in [5, 5.41) is 0. The normalized spacial score (nSPS) is 21.2. The molecule has 0 amide bonds. The molecule has 1 atom stereocenters. The fraction of sp³-hybridized carbons (Fsp3) is 0.462. The lowest BCUT2D eigenvalue weighted by Gasteiger charge is -2.33. The van der Waals surface area contributed by atoms with Crippen LogP contribution in [-0.4, -0.2) is 30.3 Å². The Bertz CT molecular complexity index is 543. The van der Waals surface area contributed by atoms with Gasteiger partial charge in [-0.1, -0.05) is 49.0 Å².